The Kier molecular flexibility index (Phi) is 2.35. The number of carbonyl (C=O) groups excluding carboxylic acids is 1. The van der Waals surface area contributed by atoms with Crippen LogP contribution in [0.1, 0.15) is 12.0 Å². The minimum atomic E-state index is -0.297. The van der Waals surface area contributed by atoms with E-state index in [-0.39, 0.29) is 6.09 Å². The van der Waals surface area contributed by atoms with E-state index < -0.39 is 0 Å². The number of aromatic nitrogens is 1. The molecule has 0 unspecified atom stereocenters. The highest BCUT2D eigenvalue weighted by molar-refractivity contribution is 5.70. The van der Waals surface area contributed by atoms with Crippen molar-refractivity contribution in [3.05, 3.63) is 23.9 Å². The van der Waals surface area contributed by atoms with Gasteiger partial charge in [0.05, 0.1) is 0 Å². The molecule has 0 N–H and O–H groups in total. The van der Waals surface area contributed by atoms with Crippen molar-refractivity contribution in [1.82, 2.24) is 9.88 Å². The molecule has 74 valence electrons. The van der Waals surface area contributed by atoms with E-state index in [1.807, 2.05) is 13.0 Å². The number of nitrogens with zero attached hydrogens (tertiary/aromatic N) is 2. The highest BCUT2D eigenvalue weighted by Gasteiger charge is 2.22. The lowest BCUT2D eigenvalue weighted by atomic mass is 10.2. The first-order valence-electron chi connectivity index (χ1n) is 4.65. The summed E-state index contributed by atoms with van der Waals surface area (Å²) in [4.78, 5) is 17.0. The molecule has 0 spiro atoms. The molecule has 0 saturated carbocycles. The summed E-state index contributed by atoms with van der Waals surface area (Å²) in [6, 6.07) is 3.61. The van der Waals surface area contributed by atoms with Crippen molar-refractivity contribution in [1.29, 1.82) is 0 Å². The second-order valence-corrected chi connectivity index (χ2v) is 3.38. The lowest BCUT2D eigenvalue weighted by Crippen LogP contribution is -2.43. The summed E-state index contributed by atoms with van der Waals surface area (Å²) >= 11 is 0. The number of likely N-dealkylation sites (tertiary alicyclic amines) is 1. The molecule has 14 heavy (non-hydrogen) atoms. The molecule has 2 rings (SSSR count). The van der Waals surface area contributed by atoms with Crippen molar-refractivity contribution in [2.24, 2.45) is 0 Å². The summed E-state index contributed by atoms with van der Waals surface area (Å²) < 4.78 is 5.08. The molecule has 1 fully saturated rings. The van der Waals surface area contributed by atoms with Crippen LogP contribution in [-0.2, 0) is 0 Å². The minimum Gasteiger partial charge on any atom is -0.391 e. The predicted octanol–water partition coefficient (Wildman–Crippen LogP) is 1.59. The van der Waals surface area contributed by atoms with Gasteiger partial charge in [0, 0.05) is 25.4 Å². The third-order valence-electron chi connectivity index (χ3n) is 2.20. The Labute approximate surface area is 82.5 Å². The number of aryl methyl sites for hydroxylation is 1. The third kappa shape index (κ3) is 1.84. The smallest absolute Gasteiger partial charge is 0.391 e. The van der Waals surface area contributed by atoms with E-state index in [4.69, 9.17) is 4.74 Å². The average molecular weight is 192 g/mol. The maximum Gasteiger partial charge on any atom is 0.416 e. The van der Waals surface area contributed by atoms with Crippen LogP contribution in [0.4, 0.5) is 4.79 Å². The first kappa shape index (κ1) is 8.99. The molecule has 0 atom stereocenters. The van der Waals surface area contributed by atoms with Crippen molar-refractivity contribution in [3.8, 4) is 5.88 Å². The molecule has 0 radical (unpaired) electrons. The molecule has 1 aromatic heterocycles. The third-order valence-corrected chi connectivity index (χ3v) is 2.20. The quantitative estimate of drug-likeness (QED) is 0.678. The first-order chi connectivity index (χ1) is 6.75. The zero-order valence-corrected chi connectivity index (χ0v) is 8.06. The van der Waals surface area contributed by atoms with Gasteiger partial charge in [0.1, 0.15) is 0 Å². The molecule has 1 aliphatic rings. The lowest BCUT2D eigenvalue weighted by Gasteiger charge is -2.29. The molecule has 4 heteroatoms. The van der Waals surface area contributed by atoms with Gasteiger partial charge in [-0.1, -0.05) is 0 Å². The molecule has 1 amide bonds. The van der Waals surface area contributed by atoms with E-state index in [1.165, 1.54) is 0 Å². The summed E-state index contributed by atoms with van der Waals surface area (Å²) in [6.07, 6.45) is 2.40. The standard InChI is InChI=1S/C10H12N2O2/c1-8-3-4-11-9(7-8)14-10(13)12-5-2-6-12/h3-4,7H,2,5-6H2,1H3. The zero-order valence-electron chi connectivity index (χ0n) is 8.06. The van der Waals surface area contributed by atoms with Crippen molar-refractivity contribution in [2.45, 2.75) is 13.3 Å². The molecule has 1 saturated heterocycles. The monoisotopic (exact) mass is 192 g/mol. The second-order valence-electron chi connectivity index (χ2n) is 3.38. The molecule has 4 nitrogen and oxygen atoms in total. The minimum absolute atomic E-state index is 0.297. The Bertz CT molecular complexity index is 348. The summed E-state index contributed by atoms with van der Waals surface area (Å²) in [5, 5.41) is 0. The first-order valence-corrected chi connectivity index (χ1v) is 4.65. The van der Waals surface area contributed by atoms with Gasteiger partial charge in [-0.15, -0.1) is 0 Å². The predicted molar refractivity (Wildman–Crippen MR) is 51.2 cm³/mol. The maximum absolute atomic E-state index is 11.4. The van der Waals surface area contributed by atoms with Crippen molar-refractivity contribution < 1.29 is 9.53 Å². The largest absolute Gasteiger partial charge is 0.416 e. The van der Waals surface area contributed by atoms with E-state index >= 15 is 0 Å². The van der Waals surface area contributed by atoms with E-state index in [0.717, 1.165) is 25.1 Å². The van der Waals surface area contributed by atoms with Crippen LogP contribution >= 0.6 is 0 Å². The zero-order chi connectivity index (χ0) is 9.97. The van der Waals surface area contributed by atoms with Gasteiger partial charge < -0.3 is 9.64 Å². The van der Waals surface area contributed by atoms with E-state index in [2.05, 4.69) is 4.98 Å². The van der Waals surface area contributed by atoms with Crippen molar-refractivity contribution >= 4 is 6.09 Å². The second kappa shape index (κ2) is 3.65. The fourth-order valence-electron chi connectivity index (χ4n) is 1.22. The van der Waals surface area contributed by atoms with Gasteiger partial charge in [-0.05, 0) is 25.0 Å². The molecule has 0 aromatic carbocycles. The van der Waals surface area contributed by atoms with Crippen LogP contribution in [0.15, 0.2) is 18.3 Å². The molecule has 1 aliphatic heterocycles. The number of hydrogen-bond acceptors (Lipinski definition) is 3. The average Bonchev–Trinajstić information content (AvgIpc) is 1.99. The van der Waals surface area contributed by atoms with E-state index in [9.17, 15) is 4.79 Å². The molecule has 1 aromatic rings. The van der Waals surface area contributed by atoms with Crippen LogP contribution in [0.25, 0.3) is 0 Å². The van der Waals surface area contributed by atoms with E-state index in [1.54, 1.807) is 17.2 Å². The molecule has 2 heterocycles. The Hall–Kier alpha value is -1.58. The van der Waals surface area contributed by atoms with Crippen molar-refractivity contribution in [3.63, 3.8) is 0 Å². The lowest BCUT2D eigenvalue weighted by molar-refractivity contribution is 0.123. The summed E-state index contributed by atoms with van der Waals surface area (Å²) in [5.41, 5.74) is 1.03. The number of hydrogen-bond donors (Lipinski definition) is 0. The van der Waals surface area contributed by atoms with Crippen LogP contribution in [0.5, 0.6) is 5.88 Å². The van der Waals surface area contributed by atoms with Crippen LogP contribution in [-0.4, -0.2) is 29.1 Å². The van der Waals surface area contributed by atoms with Gasteiger partial charge in [-0.25, -0.2) is 9.78 Å². The van der Waals surface area contributed by atoms with Gasteiger partial charge in [0.2, 0.25) is 5.88 Å². The highest BCUT2D eigenvalue weighted by Crippen LogP contribution is 2.12. The Morgan fingerprint density at radius 1 is 1.57 bits per heavy atom. The van der Waals surface area contributed by atoms with Crippen LogP contribution in [0.3, 0.4) is 0 Å². The summed E-state index contributed by atoms with van der Waals surface area (Å²) in [7, 11) is 0. The SMILES string of the molecule is Cc1ccnc(OC(=O)N2CCC2)c1. The molecular formula is C10H12N2O2. The number of ether oxygens (including phenoxy) is 1. The fraction of sp³-hybridized carbons (Fsp3) is 0.400. The number of carbonyl (C=O) groups is 1. The number of pyridine rings is 1. The van der Waals surface area contributed by atoms with E-state index in [0.29, 0.717) is 5.88 Å². The number of rotatable bonds is 1. The van der Waals surface area contributed by atoms with Gasteiger partial charge >= 0.3 is 6.09 Å². The summed E-state index contributed by atoms with van der Waals surface area (Å²) in [6.45, 7) is 3.53. The van der Waals surface area contributed by atoms with Crippen LogP contribution in [0, 0.1) is 6.92 Å². The normalized spacial score (nSPS) is 14.8. The maximum atomic E-state index is 11.4. The topological polar surface area (TPSA) is 42.4 Å². The van der Waals surface area contributed by atoms with Crippen LogP contribution in [0.2, 0.25) is 0 Å². The summed E-state index contributed by atoms with van der Waals surface area (Å²) in [5.74, 6) is 0.377. The van der Waals surface area contributed by atoms with Gasteiger partial charge in [-0.3, -0.25) is 0 Å². The highest BCUT2D eigenvalue weighted by atomic mass is 16.6. The Morgan fingerprint density at radius 2 is 2.36 bits per heavy atom. The van der Waals surface area contributed by atoms with Crippen molar-refractivity contribution in [2.75, 3.05) is 13.1 Å². The number of amides is 1. The fourth-order valence-corrected chi connectivity index (χ4v) is 1.22. The van der Waals surface area contributed by atoms with Gasteiger partial charge in [0.25, 0.3) is 0 Å². The van der Waals surface area contributed by atoms with Gasteiger partial charge in [0.15, 0.2) is 0 Å². The molecular weight excluding hydrogens is 180 g/mol. The Balaban J connectivity index is 1.99. The van der Waals surface area contributed by atoms with Crippen LogP contribution < -0.4 is 4.74 Å². The molecule has 0 bridgehead atoms. The van der Waals surface area contributed by atoms with Gasteiger partial charge in [-0.2, -0.15) is 0 Å². The molecule has 0 aliphatic carbocycles. The Morgan fingerprint density at radius 3 is 2.93 bits per heavy atom.